The minimum Gasteiger partial charge on any atom is -0.248 e. The van der Waals surface area contributed by atoms with Crippen LogP contribution in [-0.4, -0.2) is 12.4 Å². The van der Waals surface area contributed by atoms with E-state index in [0.29, 0.717) is 4.90 Å². The monoisotopic (exact) mass is 303 g/mol. The number of hydrogen-bond donors (Lipinski definition) is 0. The molecular weight excluding hydrogens is 290 g/mol. The van der Waals surface area contributed by atoms with Crippen LogP contribution in [0.3, 0.4) is 0 Å². The van der Waals surface area contributed by atoms with Gasteiger partial charge in [0, 0.05) is 18.0 Å². The van der Waals surface area contributed by atoms with Crippen LogP contribution in [0.25, 0.3) is 11.1 Å². The van der Waals surface area contributed by atoms with E-state index in [4.69, 9.17) is 0 Å². The minimum atomic E-state index is -3.51. The number of thiophene rings is 1. The van der Waals surface area contributed by atoms with Crippen molar-refractivity contribution in [2.24, 2.45) is 0 Å². The average Bonchev–Trinajstić information content (AvgIpc) is 3.10. The Morgan fingerprint density at radius 3 is 2.40 bits per heavy atom. The molecule has 2 aromatic heterocycles. The maximum atomic E-state index is 12.5. The summed E-state index contributed by atoms with van der Waals surface area (Å²) in [5.41, 5.74) is 2.98. The lowest BCUT2D eigenvalue weighted by molar-refractivity contribution is 0.587. The molecule has 2 heterocycles. The van der Waals surface area contributed by atoms with Crippen molar-refractivity contribution >= 4 is 21.4 Å². The first-order chi connectivity index (χ1) is 9.57. The number of aryl methyl sites for hydroxylation is 1. The zero-order valence-corrected chi connectivity index (χ0v) is 12.5. The molecule has 0 atom stereocenters. The number of rotatable bonds is 3. The van der Waals surface area contributed by atoms with Crippen LogP contribution in [0, 0.1) is 6.92 Å². The maximum absolute atomic E-state index is 12.5. The van der Waals surface area contributed by atoms with Gasteiger partial charge >= 0.3 is 0 Å². The van der Waals surface area contributed by atoms with Crippen LogP contribution in [0.4, 0.5) is 0 Å². The van der Waals surface area contributed by atoms with E-state index in [1.165, 1.54) is 3.97 Å². The van der Waals surface area contributed by atoms with Gasteiger partial charge in [-0.2, -0.15) is 11.3 Å². The third-order valence-electron chi connectivity index (χ3n) is 3.12. The quantitative estimate of drug-likeness (QED) is 0.739. The molecule has 0 saturated heterocycles. The van der Waals surface area contributed by atoms with Crippen LogP contribution in [0.15, 0.2) is 64.4 Å². The maximum Gasteiger partial charge on any atom is 0.267 e. The molecule has 3 nitrogen and oxygen atoms in total. The summed E-state index contributed by atoms with van der Waals surface area (Å²) in [5.74, 6) is 0. The van der Waals surface area contributed by atoms with Gasteiger partial charge in [-0.25, -0.2) is 12.4 Å². The molecule has 3 rings (SSSR count). The van der Waals surface area contributed by atoms with Gasteiger partial charge in [-0.15, -0.1) is 0 Å². The Labute approximate surface area is 122 Å². The lowest BCUT2D eigenvalue weighted by Crippen LogP contribution is -2.10. The molecule has 0 radical (unpaired) electrons. The third kappa shape index (κ3) is 2.30. The predicted molar refractivity (Wildman–Crippen MR) is 81.5 cm³/mol. The molecule has 0 spiro atoms. The zero-order valence-electron chi connectivity index (χ0n) is 10.9. The first kappa shape index (κ1) is 13.1. The molecule has 0 saturated carbocycles. The van der Waals surface area contributed by atoms with Crippen molar-refractivity contribution in [3.8, 4) is 11.1 Å². The Bertz CT molecular complexity index is 813. The fraction of sp³-hybridized carbons (Fsp3) is 0.0667. The van der Waals surface area contributed by atoms with E-state index in [0.717, 1.165) is 16.7 Å². The van der Waals surface area contributed by atoms with E-state index < -0.39 is 10.0 Å². The fourth-order valence-corrected chi connectivity index (χ4v) is 3.82. The van der Waals surface area contributed by atoms with Gasteiger partial charge in [-0.1, -0.05) is 17.7 Å². The van der Waals surface area contributed by atoms with E-state index >= 15 is 0 Å². The van der Waals surface area contributed by atoms with Crippen LogP contribution in [0.1, 0.15) is 5.56 Å². The van der Waals surface area contributed by atoms with E-state index in [1.54, 1.807) is 48.0 Å². The van der Waals surface area contributed by atoms with Gasteiger partial charge < -0.3 is 0 Å². The van der Waals surface area contributed by atoms with Crippen molar-refractivity contribution in [1.82, 2.24) is 3.97 Å². The van der Waals surface area contributed by atoms with Crippen molar-refractivity contribution < 1.29 is 8.42 Å². The second-order valence-corrected chi connectivity index (χ2v) is 7.18. The number of nitrogens with zero attached hydrogens (tertiary/aromatic N) is 1. The lowest BCUT2D eigenvalue weighted by Gasteiger charge is -2.05. The van der Waals surface area contributed by atoms with Gasteiger partial charge in [0.25, 0.3) is 10.0 Å². The van der Waals surface area contributed by atoms with Crippen LogP contribution in [-0.2, 0) is 10.0 Å². The lowest BCUT2D eigenvalue weighted by atomic mass is 10.2. The van der Waals surface area contributed by atoms with E-state index in [2.05, 4.69) is 0 Å². The number of aromatic nitrogens is 1. The Balaban J connectivity index is 2.02. The summed E-state index contributed by atoms with van der Waals surface area (Å²) in [6, 6.07) is 10.7. The van der Waals surface area contributed by atoms with E-state index in [-0.39, 0.29) is 0 Å². The molecule has 0 fully saturated rings. The van der Waals surface area contributed by atoms with Gasteiger partial charge in [0.1, 0.15) is 0 Å². The van der Waals surface area contributed by atoms with Crippen LogP contribution < -0.4 is 0 Å². The van der Waals surface area contributed by atoms with E-state index in [1.807, 2.05) is 29.8 Å². The highest BCUT2D eigenvalue weighted by Crippen LogP contribution is 2.24. The Morgan fingerprint density at radius 1 is 1.00 bits per heavy atom. The normalized spacial score (nSPS) is 11.7. The fourth-order valence-electron chi connectivity index (χ4n) is 1.96. The molecule has 0 aliphatic rings. The molecule has 0 unspecified atom stereocenters. The molecule has 3 aromatic rings. The van der Waals surface area contributed by atoms with Crippen molar-refractivity contribution in [3.63, 3.8) is 0 Å². The highest BCUT2D eigenvalue weighted by Gasteiger charge is 2.16. The van der Waals surface area contributed by atoms with Crippen LogP contribution in [0.5, 0.6) is 0 Å². The molecule has 0 aliphatic heterocycles. The molecule has 0 amide bonds. The number of benzene rings is 1. The summed E-state index contributed by atoms with van der Waals surface area (Å²) in [5, 5.41) is 3.97. The van der Waals surface area contributed by atoms with E-state index in [9.17, 15) is 8.42 Å². The zero-order chi connectivity index (χ0) is 14.2. The van der Waals surface area contributed by atoms with Gasteiger partial charge in [-0.05, 0) is 47.5 Å². The molecule has 1 aromatic carbocycles. The van der Waals surface area contributed by atoms with Crippen LogP contribution >= 0.6 is 11.3 Å². The van der Waals surface area contributed by atoms with Gasteiger partial charge in [0.05, 0.1) is 4.90 Å². The summed E-state index contributed by atoms with van der Waals surface area (Å²) in [6.07, 6.45) is 3.24. The van der Waals surface area contributed by atoms with Crippen molar-refractivity contribution in [2.45, 2.75) is 11.8 Å². The average molecular weight is 303 g/mol. The molecular formula is C15H13NO2S2. The molecule has 0 bridgehead atoms. The summed E-state index contributed by atoms with van der Waals surface area (Å²) in [4.78, 5) is 0.301. The Kier molecular flexibility index (Phi) is 3.23. The highest BCUT2D eigenvalue weighted by molar-refractivity contribution is 7.90. The Hall–Kier alpha value is -1.85. The standard InChI is InChI=1S/C15H13NO2S2/c1-12-2-4-15(5-3-12)20(17,18)16-8-6-13(10-16)14-7-9-19-11-14/h2-11H,1H3. The smallest absolute Gasteiger partial charge is 0.248 e. The molecule has 20 heavy (non-hydrogen) atoms. The molecule has 0 aliphatic carbocycles. The number of hydrogen-bond acceptors (Lipinski definition) is 3. The first-order valence-electron chi connectivity index (χ1n) is 6.10. The van der Waals surface area contributed by atoms with Crippen LogP contribution in [0.2, 0.25) is 0 Å². The van der Waals surface area contributed by atoms with Crippen molar-refractivity contribution in [2.75, 3.05) is 0 Å². The summed E-state index contributed by atoms with van der Waals surface area (Å²) in [7, 11) is -3.51. The second kappa shape index (κ2) is 4.92. The topological polar surface area (TPSA) is 39.1 Å². The summed E-state index contributed by atoms with van der Waals surface area (Å²) in [6.45, 7) is 1.93. The minimum absolute atomic E-state index is 0.301. The summed E-state index contributed by atoms with van der Waals surface area (Å²) < 4.78 is 26.3. The van der Waals surface area contributed by atoms with Gasteiger partial charge in [-0.3, -0.25) is 0 Å². The van der Waals surface area contributed by atoms with Crippen molar-refractivity contribution in [1.29, 1.82) is 0 Å². The largest absolute Gasteiger partial charge is 0.267 e. The summed E-state index contributed by atoms with van der Waals surface area (Å²) >= 11 is 1.59. The SMILES string of the molecule is Cc1ccc(S(=O)(=O)n2ccc(-c3ccsc3)c2)cc1. The molecule has 102 valence electrons. The van der Waals surface area contributed by atoms with Gasteiger partial charge in [0.2, 0.25) is 0 Å². The predicted octanol–water partition coefficient (Wildman–Crippen LogP) is 3.76. The molecule has 5 heteroatoms. The highest BCUT2D eigenvalue weighted by atomic mass is 32.2. The first-order valence-corrected chi connectivity index (χ1v) is 8.48. The molecule has 0 N–H and O–H groups in total. The van der Waals surface area contributed by atoms with Crippen molar-refractivity contribution in [3.05, 3.63) is 65.1 Å². The van der Waals surface area contributed by atoms with Gasteiger partial charge in [0.15, 0.2) is 0 Å². The third-order valence-corrected chi connectivity index (χ3v) is 5.45. The Morgan fingerprint density at radius 2 is 1.75 bits per heavy atom. The second-order valence-electron chi connectivity index (χ2n) is 4.56.